The number of aromatic nitrogens is 6. The summed E-state index contributed by atoms with van der Waals surface area (Å²) in [5.41, 5.74) is 2.04. The Kier molecular flexibility index (Phi) is 4.56. The molecular weight excluding hydrogens is 452 g/mol. The average Bonchev–Trinajstić information content (AvgIpc) is 3.50. The molecule has 0 fully saturated rings. The first-order valence-electron chi connectivity index (χ1n) is 10.5. The Morgan fingerprint density at radius 2 is 1.79 bits per heavy atom. The van der Waals surface area contributed by atoms with Crippen LogP contribution in [0.5, 0.6) is 5.75 Å². The van der Waals surface area contributed by atoms with Crippen molar-refractivity contribution in [1.82, 2.24) is 28.7 Å². The van der Waals surface area contributed by atoms with Gasteiger partial charge >= 0.3 is 0 Å². The molecule has 0 amide bonds. The van der Waals surface area contributed by atoms with Gasteiger partial charge in [0.2, 0.25) is 5.78 Å². The third kappa shape index (κ3) is 3.03. The summed E-state index contributed by atoms with van der Waals surface area (Å²) in [5.74, 6) is 1.73. The van der Waals surface area contributed by atoms with E-state index in [1.807, 2.05) is 52.9 Å². The summed E-state index contributed by atoms with van der Waals surface area (Å²) in [4.78, 5) is 31.5. The van der Waals surface area contributed by atoms with Crippen LogP contribution in [-0.2, 0) is 13.6 Å². The van der Waals surface area contributed by atoms with Crippen LogP contribution in [0.25, 0.3) is 37.3 Å². The molecule has 10 heteroatoms. The molecule has 0 spiro atoms. The van der Waals surface area contributed by atoms with Gasteiger partial charge in [-0.3, -0.25) is 23.1 Å². The Morgan fingerprint density at radius 1 is 1.00 bits per heavy atom. The van der Waals surface area contributed by atoms with Crippen LogP contribution in [0.4, 0.5) is 0 Å². The Hall–Kier alpha value is -4.31. The van der Waals surface area contributed by atoms with Crippen LogP contribution >= 0.6 is 11.3 Å². The lowest BCUT2D eigenvalue weighted by molar-refractivity contribution is 0.415. The van der Waals surface area contributed by atoms with E-state index < -0.39 is 0 Å². The fourth-order valence-corrected chi connectivity index (χ4v) is 5.17. The van der Waals surface area contributed by atoms with E-state index in [2.05, 4.69) is 15.2 Å². The number of thiophene rings is 1. The largest absolute Gasteiger partial charge is 0.497 e. The topological polar surface area (TPSA) is 96.3 Å². The number of methoxy groups -OCH3 is 1. The summed E-state index contributed by atoms with van der Waals surface area (Å²) >= 11 is 1.40. The first-order chi connectivity index (χ1) is 16.5. The van der Waals surface area contributed by atoms with Crippen molar-refractivity contribution in [3.05, 3.63) is 87.5 Å². The van der Waals surface area contributed by atoms with Gasteiger partial charge in [-0.05, 0) is 48.0 Å². The fourth-order valence-electron chi connectivity index (χ4n) is 4.10. The summed E-state index contributed by atoms with van der Waals surface area (Å²) in [6, 6.07) is 16.9. The lowest BCUT2D eigenvalue weighted by Gasteiger charge is -2.08. The zero-order valence-electron chi connectivity index (χ0n) is 18.3. The van der Waals surface area contributed by atoms with Crippen LogP contribution in [-0.4, -0.2) is 35.8 Å². The van der Waals surface area contributed by atoms with Crippen LogP contribution in [0.1, 0.15) is 5.82 Å². The first-order valence-corrected chi connectivity index (χ1v) is 11.3. The van der Waals surface area contributed by atoms with E-state index in [4.69, 9.17) is 4.74 Å². The van der Waals surface area contributed by atoms with E-state index in [0.29, 0.717) is 32.7 Å². The molecular formula is C24H18N6O3S. The highest BCUT2D eigenvalue weighted by atomic mass is 32.1. The van der Waals surface area contributed by atoms with Crippen molar-refractivity contribution < 1.29 is 4.74 Å². The van der Waals surface area contributed by atoms with Gasteiger partial charge in [0.25, 0.3) is 11.1 Å². The Labute approximate surface area is 196 Å². The predicted octanol–water partition coefficient (Wildman–Crippen LogP) is 3.08. The zero-order chi connectivity index (χ0) is 23.4. The molecule has 6 aromatic rings. The van der Waals surface area contributed by atoms with Crippen LogP contribution in [0.3, 0.4) is 0 Å². The van der Waals surface area contributed by atoms with Gasteiger partial charge in [0, 0.05) is 11.9 Å². The Balaban J connectivity index is 1.46. The van der Waals surface area contributed by atoms with Crippen molar-refractivity contribution in [2.75, 3.05) is 7.11 Å². The van der Waals surface area contributed by atoms with Crippen LogP contribution in [0, 0.1) is 0 Å². The van der Waals surface area contributed by atoms with Gasteiger partial charge in [0.05, 0.1) is 36.4 Å². The molecule has 168 valence electrons. The third-order valence-electron chi connectivity index (χ3n) is 5.88. The van der Waals surface area contributed by atoms with E-state index >= 15 is 0 Å². The summed E-state index contributed by atoms with van der Waals surface area (Å²) in [6.07, 6.45) is 1.53. The minimum Gasteiger partial charge on any atom is -0.497 e. The lowest BCUT2D eigenvalue weighted by atomic mass is 10.2. The van der Waals surface area contributed by atoms with Gasteiger partial charge in [-0.2, -0.15) is 0 Å². The number of aryl methyl sites for hydroxylation is 1. The number of ether oxygens (including phenoxy) is 1. The molecule has 34 heavy (non-hydrogen) atoms. The molecule has 0 aliphatic carbocycles. The van der Waals surface area contributed by atoms with Crippen molar-refractivity contribution in [2.24, 2.45) is 7.05 Å². The maximum absolute atomic E-state index is 13.3. The Morgan fingerprint density at radius 3 is 2.59 bits per heavy atom. The minimum atomic E-state index is -0.152. The molecule has 0 aliphatic heterocycles. The molecule has 2 aromatic carbocycles. The van der Waals surface area contributed by atoms with Gasteiger partial charge < -0.3 is 4.74 Å². The summed E-state index contributed by atoms with van der Waals surface area (Å²) in [7, 11) is 3.29. The van der Waals surface area contributed by atoms with Crippen molar-refractivity contribution in [1.29, 1.82) is 0 Å². The van der Waals surface area contributed by atoms with Crippen molar-refractivity contribution >= 4 is 38.2 Å². The predicted molar refractivity (Wildman–Crippen MR) is 131 cm³/mol. The molecule has 4 heterocycles. The molecule has 0 aliphatic rings. The molecule has 0 saturated carbocycles. The van der Waals surface area contributed by atoms with E-state index in [0.717, 1.165) is 16.2 Å². The van der Waals surface area contributed by atoms with Crippen molar-refractivity contribution in [3.8, 4) is 16.2 Å². The molecule has 0 atom stereocenters. The molecule has 6 rings (SSSR count). The lowest BCUT2D eigenvalue weighted by Crippen LogP contribution is -2.23. The highest BCUT2D eigenvalue weighted by Crippen LogP contribution is 2.31. The second-order valence-corrected chi connectivity index (χ2v) is 8.92. The molecule has 0 unspecified atom stereocenters. The normalized spacial score (nSPS) is 11.6. The van der Waals surface area contributed by atoms with E-state index in [-0.39, 0.29) is 17.7 Å². The third-order valence-corrected chi connectivity index (χ3v) is 7.04. The number of hydrogen-bond acceptors (Lipinski definition) is 7. The summed E-state index contributed by atoms with van der Waals surface area (Å²) in [5, 5.41) is 9.06. The van der Waals surface area contributed by atoms with Crippen molar-refractivity contribution in [3.63, 3.8) is 0 Å². The second-order valence-electron chi connectivity index (χ2n) is 7.86. The quantitative estimate of drug-likeness (QED) is 0.393. The number of nitrogens with zero attached hydrogens (tertiary/aromatic N) is 6. The number of hydrogen-bond donors (Lipinski definition) is 0. The molecule has 0 bridgehead atoms. The van der Waals surface area contributed by atoms with Gasteiger partial charge in [-0.25, -0.2) is 4.98 Å². The molecule has 0 N–H and O–H groups in total. The van der Waals surface area contributed by atoms with E-state index in [1.165, 1.54) is 26.8 Å². The van der Waals surface area contributed by atoms with Gasteiger partial charge in [-0.15, -0.1) is 21.5 Å². The fraction of sp³-hybridized carbons (Fsp3) is 0.125. The van der Waals surface area contributed by atoms with Gasteiger partial charge in [-0.1, -0.05) is 12.1 Å². The number of benzene rings is 2. The zero-order valence-corrected chi connectivity index (χ0v) is 19.1. The summed E-state index contributed by atoms with van der Waals surface area (Å²) in [6.45, 7) is 0.168. The minimum absolute atomic E-state index is 0.146. The number of fused-ring (bicyclic) bond motifs is 4. The molecule has 0 radical (unpaired) electrons. The van der Waals surface area contributed by atoms with Gasteiger partial charge in [0.15, 0.2) is 5.82 Å². The maximum atomic E-state index is 13.3. The molecule has 4 aromatic heterocycles. The van der Waals surface area contributed by atoms with Crippen LogP contribution in [0.2, 0.25) is 0 Å². The monoisotopic (exact) mass is 470 g/mol. The van der Waals surface area contributed by atoms with E-state index in [1.54, 1.807) is 20.2 Å². The highest BCUT2D eigenvalue weighted by Gasteiger charge is 2.17. The number of rotatable bonds is 4. The Bertz CT molecular complexity index is 1830. The van der Waals surface area contributed by atoms with Gasteiger partial charge in [0.1, 0.15) is 10.4 Å². The second kappa shape index (κ2) is 7.63. The standard InChI is InChI=1S/C24H18N6O3S/c1-28-22(31)16-5-3-4-6-18(16)30-20(26-27-24(28)30)12-29-13-25-17-11-19(34-21(17)23(29)32)14-7-9-15(33-2)10-8-14/h3-11,13H,12H2,1-2H3. The van der Waals surface area contributed by atoms with Crippen LogP contribution in [0.15, 0.2) is 70.5 Å². The number of para-hydroxylation sites is 1. The highest BCUT2D eigenvalue weighted by molar-refractivity contribution is 7.22. The van der Waals surface area contributed by atoms with E-state index in [9.17, 15) is 9.59 Å². The molecule has 0 saturated heterocycles. The smallest absolute Gasteiger partial charge is 0.271 e. The average molecular weight is 471 g/mol. The molecule has 9 nitrogen and oxygen atoms in total. The first kappa shape index (κ1) is 20.3. The SMILES string of the molecule is COc1ccc(-c2cc3ncn(Cc4nnc5n(C)c(=O)c6ccccc6n45)c(=O)c3s2)cc1. The van der Waals surface area contributed by atoms with Crippen LogP contribution < -0.4 is 15.9 Å². The maximum Gasteiger partial charge on any atom is 0.271 e. The van der Waals surface area contributed by atoms with Crippen molar-refractivity contribution in [2.45, 2.75) is 6.54 Å². The summed E-state index contributed by atoms with van der Waals surface area (Å²) < 4.78 is 10.6.